The maximum absolute atomic E-state index is 12.5. The molecule has 1 amide bonds. The molecule has 0 radical (unpaired) electrons. The van der Waals surface area contributed by atoms with Crippen molar-refractivity contribution >= 4 is 34.9 Å². The predicted octanol–water partition coefficient (Wildman–Crippen LogP) is 4.74. The predicted molar refractivity (Wildman–Crippen MR) is 105 cm³/mol. The van der Waals surface area contributed by atoms with Gasteiger partial charge in [-0.15, -0.1) is 0 Å². The topological polar surface area (TPSA) is 67.4 Å². The lowest BCUT2D eigenvalue weighted by Crippen LogP contribution is -2.30. The van der Waals surface area contributed by atoms with Crippen LogP contribution in [0.15, 0.2) is 48.5 Å². The summed E-state index contributed by atoms with van der Waals surface area (Å²) in [5.41, 5.74) is 1.66. The van der Waals surface area contributed by atoms with Gasteiger partial charge in [0, 0.05) is 22.9 Å². The van der Waals surface area contributed by atoms with E-state index in [2.05, 4.69) is 17.6 Å². The largest absolute Gasteiger partial charge is 0.449 e. The molecule has 2 aromatic rings. The standard InChI is InChI=1S/C20H23ClN2O3/c1-3-4-12-22-18-11-6-5-10-17(18)20(25)26-14(2)19(24)23-16-9-7-8-15(21)13-16/h5-11,13-14,22H,3-4,12H2,1-2H3,(H,23,24)/t14-/m1/s1. The van der Waals surface area contributed by atoms with Crippen LogP contribution in [0, 0.1) is 0 Å². The molecule has 1 atom stereocenters. The number of nitrogens with one attached hydrogen (secondary N) is 2. The average Bonchev–Trinajstić information content (AvgIpc) is 2.62. The quantitative estimate of drug-likeness (QED) is 0.517. The molecule has 0 heterocycles. The van der Waals surface area contributed by atoms with Crippen LogP contribution in [-0.2, 0) is 9.53 Å². The number of carbonyl (C=O) groups excluding carboxylic acids is 2. The zero-order chi connectivity index (χ0) is 18.9. The van der Waals surface area contributed by atoms with E-state index in [4.69, 9.17) is 16.3 Å². The van der Waals surface area contributed by atoms with E-state index in [1.807, 2.05) is 12.1 Å². The first-order chi connectivity index (χ1) is 12.5. The summed E-state index contributed by atoms with van der Waals surface area (Å²) in [4.78, 5) is 24.7. The van der Waals surface area contributed by atoms with Crippen LogP contribution in [0.3, 0.4) is 0 Å². The van der Waals surface area contributed by atoms with Gasteiger partial charge < -0.3 is 15.4 Å². The van der Waals surface area contributed by atoms with Gasteiger partial charge in [0.25, 0.3) is 5.91 Å². The van der Waals surface area contributed by atoms with Crippen LogP contribution in [0.1, 0.15) is 37.0 Å². The monoisotopic (exact) mass is 374 g/mol. The van der Waals surface area contributed by atoms with E-state index in [1.54, 1.807) is 36.4 Å². The van der Waals surface area contributed by atoms with Crippen molar-refractivity contribution in [1.82, 2.24) is 0 Å². The molecule has 0 fully saturated rings. The Bertz CT molecular complexity index is 764. The average molecular weight is 375 g/mol. The molecule has 0 bridgehead atoms. The summed E-state index contributed by atoms with van der Waals surface area (Å²) >= 11 is 5.90. The second kappa shape index (κ2) is 9.82. The highest BCUT2D eigenvalue weighted by molar-refractivity contribution is 6.30. The number of carbonyl (C=O) groups is 2. The molecule has 0 saturated carbocycles. The van der Waals surface area contributed by atoms with Crippen molar-refractivity contribution in [2.75, 3.05) is 17.2 Å². The van der Waals surface area contributed by atoms with Crippen LogP contribution in [0.4, 0.5) is 11.4 Å². The van der Waals surface area contributed by atoms with E-state index in [0.717, 1.165) is 19.4 Å². The Morgan fingerprint density at radius 3 is 2.65 bits per heavy atom. The minimum atomic E-state index is -0.940. The molecule has 26 heavy (non-hydrogen) atoms. The van der Waals surface area contributed by atoms with Gasteiger partial charge in [0.2, 0.25) is 0 Å². The van der Waals surface area contributed by atoms with Crippen LogP contribution < -0.4 is 10.6 Å². The molecule has 0 aromatic heterocycles. The highest BCUT2D eigenvalue weighted by Gasteiger charge is 2.20. The molecule has 0 spiro atoms. The zero-order valence-electron chi connectivity index (χ0n) is 14.9. The van der Waals surface area contributed by atoms with Crippen molar-refractivity contribution in [2.45, 2.75) is 32.8 Å². The summed E-state index contributed by atoms with van der Waals surface area (Å²) in [5, 5.41) is 6.42. The summed E-state index contributed by atoms with van der Waals surface area (Å²) in [7, 11) is 0. The fourth-order valence-corrected chi connectivity index (χ4v) is 2.49. The van der Waals surface area contributed by atoms with Gasteiger partial charge in [-0.1, -0.05) is 43.1 Å². The second-order valence-electron chi connectivity index (χ2n) is 5.87. The number of hydrogen-bond donors (Lipinski definition) is 2. The number of para-hydroxylation sites is 1. The third-order valence-corrected chi connectivity index (χ3v) is 3.97. The number of esters is 1. The SMILES string of the molecule is CCCCNc1ccccc1C(=O)O[C@H](C)C(=O)Nc1cccc(Cl)c1. The molecule has 0 aliphatic heterocycles. The first-order valence-corrected chi connectivity index (χ1v) is 8.99. The van der Waals surface area contributed by atoms with Crippen molar-refractivity contribution < 1.29 is 14.3 Å². The van der Waals surface area contributed by atoms with E-state index in [0.29, 0.717) is 22.0 Å². The number of halogens is 1. The highest BCUT2D eigenvalue weighted by Crippen LogP contribution is 2.18. The lowest BCUT2D eigenvalue weighted by Gasteiger charge is -2.16. The third kappa shape index (κ3) is 5.77. The number of hydrogen-bond acceptors (Lipinski definition) is 4. The normalized spacial score (nSPS) is 11.5. The van der Waals surface area contributed by atoms with Crippen molar-refractivity contribution in [1.29, 1.82) is 0 Å². The smallest absolute Gasteiger partial charge is 0.341 e. The molecule has 2 aromatic carbocycles. The molecule has 2 rings (SSSR count). The zero-order valence-corrected chi connectivity index (χ0v) is 15.7. The summed E-state index contributed by atoms with van der Waals surface area (Å²) in [6, 6.07) is 13.9. The Morgan fingerprint density at radius 2 is 1.92 bits per heavy atom. The molecular formula is C20H23ClN2O3. The third-order valence-electron chi connectivity index (χ3n) is 3.74. The molecule has 0 aliphatic rings. The van der Waals surface area contributed by atoms with E-state index >= 15 is 0 Å². The molecule has 5 nitrogen and oxygen atoms in total. The van der Waals surface area contributed by atoms with Crippen LogP contribution in [-0.4, -0.2) is 24.5 Å². The summed E-state index contributed by atoms with van der Waals surface area (Å²) < 4.78 is 5.32. The Hall–Kier alpha value is -2.53. The highest BCUT2D eigenvalue weighted by atomic mass is 35.5. The van der Waals surface area contributed by atoms with Crippen LogP contribution in [0.5, 0.6) is 0 Å². The summed E-state index contributed by atoms with van der Waals surface area (Å²) in [5.74, 6) is -0.963. The Morgan fingerprint density at radius 1 is 1.15 bits per heavy atom. The summed E-state index contributed by atoms with van der Waals surface area (Å²) in [6.07, 6.45) is 1.12. The van der Waals surface area contributed by atoms with Crippen molar-refractivity contribution in [3.8, 4) is 0 Å². The fraction of sp³-hybridized carbons (Fsp3) is 0.300. The van der Waals surface area contributed by atoms with Crippen molar-refractivity contribution in [3.05, 3.63) is 59.1 Å². The first-order valence-electron chi connectivity index (χ1n) is 8.61. The van der Waals surface area contributed by atoms with Gasteiger partial charge in [-0.3, -0.25) is 4.79 Å². The Kier molecular flexibility index (Phi) is 7.48. The summed E-state index contributed by atoms with van der Waals surface area (Å²) in [6.45, 7) is 4.40. The van der Waals surface area contributed by atoms with E-state index in [9.17, 15) is 9.59 Å². The van der Waals surface area contributed by atoms with Crippen LogP contribution >= 0.6 is 11.6 Å². The molecular weight excluding hydrogens is 352 g/mol. The van der Waals surface area contributed by atoms with E-state index < -0.39 is 18.0 Å². The van der Waals surface area contributed by atoms with Gasteiger partial charge in [0.05, 0.1) is 5.56 Å². The van der Waals surface area contributed by atoms with Gasteiger partial charge in [-0.2, -0.15) is 0 Å². The second-order valence-corrected chi connectivity index (χ2v) is 6.31. The number of anilines is 2. The van der Waals surface area contributed by atoms with E-state index in [1.165, 1.54) is 6.92 Å². The number of ether oxygens (including phenoxy) is 1. The van der Waals surface area contributed by atoms with Crippen molar-refractivity contribution in [3.63, 3.8) is 0 Å². The van der Waals surface area contributed by atoms with Crippen molar-refractivity contribution in [2.24, 2.45) is 0 Å². The lowest BCUT2D eigenvalue weighted by molar-refractivity contribution is -0.123. The number of rotatable bonds is 8. The molecule has 6 heteroatoms. The number of benzene rings is 2. The lowest BCUT2D eigenvalue weighted by atomic mass is 10.1. The van der Waals surface area contributed by atoms with E-state index in [-0.39, 0.29) is 0 Å². The minimum absolute atomic E-state index is 0.408. The number of amides is 1. The van der Waals surface area contributed by atoms with Crippen LogP contribution in [0.2, 0.25) is 5.02 Å². The minimum Gasteiger partial charge on any atom is -0.449 e. The maximum atomic E-state index is 12.5. The van der Waals surface area contributed by atoms with Gasteiger partial charge in [-0.05, 0) is 43.7 Å². The van der Waals surface area contributed by atoms with Crippen LogP contribution in [0.25, 0.3) is 0 Å². The molecule has 138 valence electrons. The molecule has 0 saturated heterocycles. The number of unbranched alkanes of at least 4 members (excludes halogenated alkanes) is 1. The van der Waals surface area contributed by atoms with Gasteiger partial charge in [0.15, 0.2) is 6.10 Å². The first kappa shape index (κ1) is 19.8. The molecule has 2 N–H and O–H groups in total. The van der Waals surface area contributed by atoms with Gasteiger partial charge >= 0.3 is 5.97 Å². The van der Waals surface area contributed by atoms with Gasteiger partial charge in [0.1, 0.15) is 0 Å². The van der Waals surface area contributed by atoms with Gasteiger partial charge in [-0.25, -0.2) is 4.79 Å². The maximum Gasteiger partial charge on any atom is 0.341 e. The Balaban J connectivity index is 1.99. The molecule has 0 unspecified atom stereocenters. The Labute approximate surface area is 158 Å². The molecule has 0 aliphatic carbocycles. The fourth-order valence-electron chi connectivity index (χ4n) is 2.30.